The number of hydrogen-bond donors (Lipinski definition) is 1. The molecule has 0 atom stereocenters. The number of fused-ring (bicyclic) bond motifs is 1. The lowest BCUT2D eigenvalue weighted by Gasteiger charge is -2.28. The van der Waals surface area contributed by atoms with Crippen LogP contribution in [0.25, 0.3) is 11.1 Å². The Kier molecular flexibility index (Phi) is 2.36. The molecule has 2 aromatic rings. The smallest absolute Gasteiger partial charge is 0.406 e. The zero-order valence-electron chi connectivity index (χ0n) is 9.07. The van der Waals surface area contributed by atoms with Crippen molar-refractivity contribution in [2.24, 2.45) is 0 Å². The van der Waals surface area contributed by atoms with E-state index in [1.165, 1.54) is 12.1 Å². The highest BCUT2D eigenvalue weighted by Gasteiger charge is 2.18. The van der Waals surface area contributed by atoms with Crippen LogP contribution in [0.3, 0.4) is 0 Å². The molecule has 89 valence electrons. The third kappa shape index (κ3) is 1.80. The molecule has 2 heterocycles. The van der Waals surface area contributed by atoms with Gasteiger partial charge in [-0.2, -0.15) is 0 Å². The van der Waals surface area contributed by atoms with Crippen molar-refractivity contribution in [1.29, 1.82) is 0 Å². The number of rotatable bonds is 1. The number of nitrogens with one attached hydrogen (secondary N) is 1. The number of aromatic nitrogens is 1. The quantitative estimate of drug-likeness (QED) is 0.792. The van der Waals surface area contributed by atoms with Crippen LogP contribution in [0.2, 0.25) is 0 Å². The molecule has 0 amide bonds. The molecule has 0 saturated carbocycles. The molecule has 1 radical (unpaired) electrons. The Labute approximate surface area is 96.2 Å². The first-order valence-electron chi connectivity index (χ1n) is 5.44. The van der Waals surface area contributed by atoms with Gasteiger partial charge in [0.25, 0.3) is 0 Å². The SMILES string of the molecule is O=c1[nH]c2cc(F)cc(N3CC[N]CC3)c2o1. The van der Waals surface area contributed by atoms with E-state index >= 15 is 0 Å². The summed E-state index contributed by atoms with van der Waals surface area (Å²) in [5.41, 5.74) is 1.43. The number of nitrogens with zero attached hydrogens (tertiary/aromatic N) is 2. The summed E-state index contributed by atoms with van der Waals surface area (Å²) in [5.74, 6) is -0.944. The number of H-pyrrole nitrogens is 1. The summed E-state index contributed by atoms with van der Waals surface area (Å²) in [6.45, 7) is 2.86. The summed E-state index contributed by atoms with van der Waals surface area (Å²) in [5, 5.41) is 4.22. The van der Waals surface area contributed by atoms with Crippen molar-refractivity contribution in [3.05, 3.63) is 28.5 Å². The highest BCUT2D eigenvalue weighted by Crippen LogP contribution is 2.26. The van der Waals surface area contributed by atoms with Crippen LogP contribution in [-0.2, 0) is 0 Å². The average molecular weight is 236 g/mol. The van der Waals surface area contributed by atoms with Gasteiger partial charge in [0.15, 0.2) is 5.58 Å². The fourth-order valence-electron chi connectivity index (χ4n) is 2.09. The third-order valence-corrected chi connectivity index (χ3v) is 2.86. The molecule has 3 rings (SSSR count). The standard InChI is InChI=1S/C11H11FN3O2/c12-7-5-8-10(17-11(16)14-8)9(6-7)15-3-1-13-2-4-15/h5-6H,1-4H2,(H,14,16). The Morgan fingerprint density at radius 2 is 2.12 bits per heavy atom. The van der Waals surface area contributed by atoms with Crippen LogP contribution in [0.4, 0.5) is 10.1 Å². The first kappa shape index (κ1) is 10.3. The zero-order chi connectivity index (χ0) is 11.8. The third-order valence-electron chi connectivity index (χ3n) is 2.86. The maximum atomic E-state index is 13.4. The number of aromatic amines is 1. The summed E-state index contributed by atoms with van der Waals surface area (Å²) in [7, 11) is 0. The van der Waals surface area contributed by atoms with Gasteiger partial charge in [0, 0.05) is 38.3 Å². The number of anilines is 1. The zero-order valence-corrected chi connectivity index (χ0v) is 9.07. The van der Waals surface area contributed by atoms with Gasteiger partial charge in [0.2, 0.25) is 0 Å². The largest absolute Gasteiger partial charge is 0.417 e. The summed E-state index contributed by atoms with van der Waals surface area (Å²) < 4.78 is 18.5. The van der Waals surface area contributed by atoms with E-state index in [4.69, 9.17) is 4.42 Å². The van der Waals surface area contributed by atoms with E-state index < -0.39 is 5.76 Å². The molecular formula is C11H11FN3O2. The fraction of sp³-hybridized carbons (Fsp3) is 0.364. The second-order valence-corrected chi connectivity index (χ2v) is 3.97. The fourth-order valence-corrected chi connectivity index (χ4v) is 2.09. The molecule has 0 bridgehead atoms. The van der Waals surface area contributed by atoms with Gasteiger partial charge in [-0.15, -0.1) is 0 Å². The van der Waals surface area contributed by atoms with Gasteiger partial charge in [-0.05, 0) is 0 Å². The van der Waals surface area contributed by atoms with E-state index in [0.29, 0.717) is 43.0 Å². The van der Waals surface area contributed by atoms with Crippen LogP contribution < -0.4 is 16.0 Å². The molecule has 1 N–H and O–H groups in total. The van der Waals surface area contributed by atoms with E-state index in [1.54, 1.807) is 0 Å². The van der Waals surface area contributed by atoms with Gasteiger partial charge in [-0.1, -0.05) is 0 Å². The number of halogens is 1. The van der Waals surface area contributed by atoms with E-state index in [-0.39, 0.29) is 5.82 Å². The van der Waals surface area contributed by atoms with Crippen molar-refractivity contribution in [2.45, 2.75) is 0 Å². The Morgan fingerprint density at radius 3 is 2.88 bits per heavy atom. The molecule has 6 heteroatoms. The van der Waals surface area contributed by atoms with Crippen LogP contribution in [-0.4, -0.2) is 31.2 Å². The van der Waals surface area contributed by atoms with E-state index in [2.05, 4.69) is 10.3 Å². The van der Waals surface area contributed by atoms with Gasteiger partial charge in [0.1, 0.15) is 5.82 Å². The van der Waals surface area contributed by atoms with E-state index in [0.717, 1.165) is 0 Å². The summed E-state index contributed by atoms with van der Waals surface area (Å²) in [6.07, 6.45) is 0. The molecule has 1 fully saturated rings. The van der Waals surface area contributed by atoms with Crippen molar-refractivity contribution in [3.63, 3.8) is 0 Å². The average Bonchev–Trinajstić information content (AvgIpc) is 2.69. The minimum absolute atomic E-state index is 0.382. The number of oxazole rings is 1. The Bertz CT molecular complexity index is 598. The lowest BCUT2D eigenvalue weighted by atomic mass is 10.2. The molecule has 1 aromatic carbocycles. The normalized spacial score (nSPS) is 16.6. The van der Waals surface area contributed by atoms with Crippen molar-refractivity contribution < 1.29 is 8.81 Å². The predicted octanol–water partition coefficient (Wildman–Crippen LogP) is 0.685. The Morgan fingerprint density at radius 1 is 1.35 bits per heavy atom. The number of benzene rings is 1. The summed E-state index contributed by atoms with van der Waals surface area (Å²) in [6, 6.07) is 2.66. The minimum atomic E-state index is -0.562. The lowest BCUT2D eigenvalue weighted by molar-refractivity contribution is 0.544. The topological polar surface area (TPSA) is 63.3 Å². The predicted molar refractivity (Wildman–Crippen MR) is 60.9 cm³/mol. The Hall–Kier alpha value is -1.82. The Balaban J connectivity index is 2.15. The van der Waals surface area contributed by atoms with E-state index in [1.807, 2.05) is 4.90 Å². The lowest BCUT2D eigenvalue weighted by Crippen LogP contribution is -2.40. The van der Waals surface area contributed by atoms with Crippen LogP contribution >= 0.6 is 0 Å². The molecule has 5 nitrogen and oxygen atoms in total. The maximum Gasteiger partial charge on any atom is 0.417 e. The second-order valence-electron chi connectivity index (χ2n) is 3.97. The number of hydrogen-bond acceptors (Lipinski definition) is 3. The molecule has 0 spiro atoms. The van der Waals surface area contributed by atoms with Crippen molar-refractivity contribution in [1.82, 2.24) is 10.3 Å². The van der Waals surface area contributed by atoms with Crippen LogP contribution in [0, 0.1) is 5.82 Å². The van der Waals surface area contributed by atoms with Crippen LogP contribution in [0.1, 0.15) is 0 Å². The second kappa shape index (κ2) is 3.89. The maximum absolute atomic E-state index is 13.4. The summed E-state index contributed by atoms with van der Waals surface area (Å²) >= 11 is 0. The first-order valence-corrected chi connectivity index (χ1v) is 5.44. The molecule has 1 aliphatic rings. The monoisotopic (exact) mass is 236 g/mol. The van der Waals surface area contributed by atoms with Gasteiger partial charge < -0.3 is 9.32 Å². The molecule has 1 saturated heterocycles. The first-order chi connectivity index (χ1) is 8.24. The highest BCUT2D eigenvalue weighted by atomic mass is 19.1. The highest BCUT2D eigenvalue weighted by molar-refractivity contribution is 5.86. The minimum Gasteiger partial charge on any atom is -0.406 e. The number of piperazine rings is 1. The molecular weight excluding hydrogens is 225 g/mol. The van der Waals surface area contributed by atoms with E-state index in [9.17, 15) is 9.18 Å². The van der Waals surface area contributed by atoms with Crippen molar-refractivity contribution in [2.75, 3.05) is 31.1 Å². The van der Waals surface area contributed by atoms with Gasteiger partial charge in [0.05, 0.1) is 11.2 Å². The van der Waals surface area contributed by atoms with Crippen LogP contribution in [0.5, 0.6) is 0 Å². The van der Waals surface area contributed by atoms with Crippen LogP contribution in [0.15, 0.2) is 21.3 Å². The molecule has 0 aliphatic carbocycles. The molecule has 1 aromatic heterocycles. The molecule has 17 heavy (non-hydrogen) atoms. The van der Waals surface area contributed by atoms with Gasteiger partial charge in [-0.25, -0.2) is 14.5 Å². The van der Waals surface area contributed by atoms with Crippen molar-refractivity contribution in [3.8, 4) is 0 Å². The molecule has 0 unspecified atom stereocenters. The van der Waals surface area contributed by atoms with Crippen molar-refractivity contribution >= 4 is 16.8 Å². The van der Waals surface area contributed by atoms with Gasteiger partial charge >= 0.3 is 5.76 Å². The molecule has 1 aliphatic heterocycles. The summed E-state index contributed by atoms with van der Waals surface area (Å²) in [4.78, 5) is 15.6. The van der Waals surface area contributed by atoms with Gasteiger partial charge in [-0.3, -0.25) is 4.98 Å².